The number of hydrogen-bond acceptors (Lipinski definition) is 3. The Morgan fingerprint density at radius 3 is 2.48 bits per heavy atom. The topological polar surface area (TPSA) is 92.2 Å². The molecule has 0 saturated carbocycles. The van der Waals surface area contributed by atoms with Crippen molar-refractivity contribution in [2.75, 3.05) is 17.3 Å². The monoisotopic (exact) mass is 504 g/mol. The van der Waals surface area contributed by atoms with E-state index in [0.29, 0.717) is 28.2 Å². The number of rotatable bonds is 5. The van der Waals surface area contributed by atoms with Gasteiger partial charge in [-0.3, -0.25) is 19.8 Å². The van der Waals surface area contributed by atoms with Gasteiger partial charge in [0.1, 0.15) is 5.69 Å². The molecule has 0 unspecified atom stereocenters. The normalized spacial score (nSPS) is 10.9. The van der Waals surface area contributed by atoms with Crippen molar-refractivity contribution in [2.24, 2.45) is 5.92 Å². The first kappa shape index (κ1) is 22.8. The summed E-state index contributed by atoms with van der Waals surface area (Å²) >= 11 is 9.51. The van der Waals surface area contributed by atoms with Gasteiger partial charge in [-0.1, -0.05) is 41.4 Å². The van der Waals surface area contributed by atoms with Gasteiger partial charge in [0.2, 0.25) is 0 Å². The zero-order valence-corrected chi connectivity index (χ0v) is 19.6. The van der Waals surface area contributed by atoms with Crippen LogP contribution in [0.15, 0.2) is 46.9 Å². The van der Waals surface area contributed by atoms with Gasteiger partial charge in [0.05, 0.1) is 5.52 Å². The standard InChI is InChI=1S/C22H22BrClN4O3/c1-12(2)11-25-21(30)22(31)27-28-18-7-4-15(24)9-14(18)10-19(28)20(29)26-16-5-6-17(23)13(3)8-16/h4-10,12H,11H2,1-3H3,(H,25,30)(H,26,29)(H,27,31). The molecule has 3 rings (SSSR count). The van der Waals surface area contributed by atoms with Crippen LogP contribution in [0.3, 0.4) is 0 Å². The summed E-state index contributed by atoms with van der Waals surface area (Å²) in [6.45, 7) is 6.13. The highest BCUT2D eigenvalue weighted by Crippen LogP contribution is 2.25. The summed E-state index contributed by atoms with van der Waals surface area (Å²) in [7, 11) is 0. The molecule has 7 nitrogen and oxygen atoms in total. The van der Waals surface area contributed by atoms with Gasteiger partial charge in [-0.2, -0.15) is 0 Å². The van der Waals surface area contributed by atoms with Crippen LogP contribution < -0.4 is 16.1 Å². The molecule has 162 valence electrons. The molecular weight excluding hydrogens is 484 g/mol. The molecule has 0 aliphatic carbocycles. The summed E-state index contributed by atoms with van der Waals surface area (Å²) in [5.74, 6) is -1.90. The Bertz CT molecular complexity index is 1170. The maximum atomic E-state index is 13.0. The fourth-order valence-electron chi connectivity index (χ4n) is 2.92. The van der Waals surface area contributed by atoms with Gasteiger partial charge in [-0.05, 0) is 60.9 Å². The average molecular weight is 506 g/mol. The number of benzene rings is 2. The molecule has 0 atom stereocenters. The van der Waals surface area contributed by atoms with E-state index in [0.717, 1.165) is 10.0 Å². The summed E-state index contributed by atoms with van der Waals surface area (Å²) in [6.07, 6.45) is 0. The minimum Gasteiger partial charge on any atom is -0.348 e. The maximum Gasteiger partial charge on any atom is 0.328 e. The van der Waals surface area contributed by atoms with Gasteiger partial charge in [0.25, 0.3) is 5.91 Å². The van der Waals surface area contributed by atoms with Crippen molar-refractivity contribution in [3.05, 3.63) is 63.2 Å². The van der Waals surface area contributed by atoms with Crippen molar-refractivity contribution in [3.8, 4) is 0 Å². The van der Waals surface area contributed by atoms with Crippen molar-refractivity contribution in [1.82, 2.24) is 9.99 Å². The van der Waals surface area contributed by atoms with E-state index in [2.05, 4.69) is 32.0 Å². The molecular formula is C22H22BrClN4O3. The van der Waals surface area contributed by atoms with Crippen molar-refractivity contribution < 1.29 is 14.4 Å². The number of aromatic nitrogens is 1. The second-order valence-corrected chi connectivity index (χ2v) is 8.82. The van der Waals surface area contributed by atoms with Crippen molar-refractivity contribution in [2.45, 2.75) is 20.8 Å². The lowest BCUT2D eigenvalue weighted by atomic mass is 10.2. The summed E-state index contributed by atoms with van der Waals surface area (Å²) in [4.78, 5) is 37.6. The third-order valence-electron chi connectivity index (χ3n) is 4.50. The van der Waals surface area contributed by atoms with Gasteiger partial charge < -0.3 is 10.6 Å². The zero-order valence-electron chi connectivity index (χ0n) is 17.3. The molecule has 0 bridgehead atoms. The summed E-state index contributed by atoms with van der Waals surface area (Å²) in [6, 6.07) is 12.0. The quantitative estimate of drug-likeness (QED) is 0.447. The van der Waals surface area contributed by atoms with Crippen LogP contribution in [0.2, 0.25) is 5.02 Å². The van der Waals surface area contributed by atoms with E-state index >= 15 is 0 Å². The molecule has 0 saturated heterocycles. The third kappa shape index (κ3) is 5.45. The van der Waals surface area contributed by atoms with Crippen molar-refractivity contribution in [3.63, 3.8) is 0 Å². The highest BCUT2D eigenvalue weighted by atomic mass is 79.9. The Morgan fingerprint density at radius 1 is 1.06 bits per heavy atom. The Morgan fingerprint density at radius 2 is 1.81 bits per heavy atom. The number of carbonyl (C=O) groups is 3. The molecule has 0 aliphatic heterocycles. The second kappa shape index (κ2) is 9.53. The lowest BCUT2D eigenvalue weighted by Crippen LogP contribution is -2.41. The highest BCUT2D eigenvalue weighted by molar-refractivity contribution is 9.10. The van der Waals surface area contributed by atoms with Crippen LogP contribution in [0.5, 0.6) is 0 Å². The van der Waals surface area contributed by atoms with Crippen molar-refractivity contribution in [1.29, 1.82) is 0 Å². The molecule has 0 fully saturated rings. The van der Waals surface area contributed by atoms with Gasteiger partial charge in [0.15, 0.2) is 0 Å². The number of carbonyl (C=O) groups excluding carboxylic acids is 3. The number of anilines is 1. The lowest BCUT2D eigenvalue weighted by molar-refractivity contribution is -0.136. The van der Waals surface area contributed by atoms with Crippen molar-refractivity contribution >= 4 is 61.8 Å². The number of nitrogens with one attached hydrogen (secondary N) is 3. The SMILES string of the molecule is Cc1cc(NC(=O)c2cc3cc(Cl)ccc3n2NC(=O)C(=O)NCC(C)C)ccc1Br. The van der Waals surface area contributed by atoms with E-state index in [1.165, 1.54) is 4.68 Å². The first-order chi connectivity index (χ1) is 14.7. The molecule has 2 aromatic carbocycles. The molecule has 0 spiro atoms. The van der Waals surface area contributed by atoms with Crippen LogP contribution in [-0.2, 0) is 9.59 Å². The Hall–Kier alpha value is -2.84. The lowest BCUT2D eigenvalue weighted by Gasteiger charge is -2.13. The largest absolute Gasteiger partial charge is 0.348 e. The van der Waals surface area contributed by atoms with E-state index in [4.69, 9.17) is 11.6 Å². The number of hydrogen-bond donors (Lipinski definition) is 3. The first-order valence-electron chi connectivity index (χ1n) is 9.63. The molecule has 31 heavy (non-hydrogen) atoms. The number of amides is 3. The molecule has 1 aromatic heterocycles. The van der Waals surface area contributed by atoms with Gasteiger partial charge in [-0.15, -0.1) is 0 Å². The molecule has 1 heterocycles. The van der Waals surface area contributed by atoms with Gasteiger partial charge in [-0.25, -0.2) is 4.68 Å². The second-order valence-electron chi connectivity index (χ2n) is 7.53. The Balaban J connectivity index is 1.92. The fraction of sp³-hybridized carbons (Fsp3) is 0.227. The average Bonchev–Trinajstić information content (AvgIpc) is 3.06. The van der Waals surface area contributed by atoms with E-state index in [1.54, 1.807) is 30.3 Å². The van der Waals surface area contributed by atoms with E-state index in [1.807, 2.05) is 32.9 Å². The molecule has 0 radical (unpaired) electrons. The number of halogens is 2. The first-order valence-corrected chi connectivity index (χ1v) is 10.8. The van der Waals surface area contributed by atoms with Crippen LogP contribution in [0.4, 0.5) is 5.69 Å². The summed E-state index contributed by atoms with van der Waals surface area (Å²) in [5.41, 5.74) is 4.76. The predicted molar refractivity (Wildman–Crippen MR) is 126 cm³/mol. The molecule has 3 N–H and O–H groups in total. The van der Waals surface area contributed by atoms with Gasteiger partial charge >= 0.3 is 11.8 Å². The zero-order chi connectivity index (χ0) is 22.7. The molecule has 0 aliphatic rings. The molecule has 3 amide bonds. The summed E-state index contributed by atoms with van der Waals surface area (Å²) in [5, 5.41) is 6.51. The summed E-state index contributed by atoms with van der Waals surface area (Å²) < 4.78 is 2.22. The fourth-order valence-corrected chi connectivity index (χ4v) is 3.35. The maximum absolute atomic E-state index is 13.0. The third-order valence-corrected chi connectivity index (χ3v) is 5.63. The highest BCUT2D eigenvalue weighted by Gasteiger charge is 2.21. The number of aryl methyl sites for hydroxylation is 1. The van der Waals surface area contributed by atoms with Crippen LogP contribution in [0, 0.1) is 12.8 Å². The predicted octanol–water partition coefficient (Wildman–Crippen LogP) is 4.46. The van der Waals surface area contributed by atoms with Crippen LogP contribution in [0.25, 0.3) is 10.9 Å². The van der Waals surface area contributed by atoms with Gasteiger partial charge in [0, 0.05) is 27.1 Å². The minimum absolute atomic E-state index is 0.155. The van der Waals surface area contributed by atoms with E-state index in [9.17, 15) is 14.4 Å². The Kier molecular flexibility index (Phi) is 7.02. The minimum atomic E-state index is -0.873. The molecule has 3 aromatic rings. The smallest absolute Gasteiger partial charge is 0.328 e. The molecule has 9 heteroatoms. The van der Waals surface area contributed by atoms with Crippen LogP contribution >= 0.6 is 27.5 Å². The van der Waals surface area contributed by atoms with Crippen LogP contribution in [-0.4, -0.2) is 28.9 Å². The van der Waals surface area contributed by atoms with E-state index < -0.39 is 17.7 Å². The number of fused-ring (bicyclic) bond motifs is 1. The Labute approximate surface area is 193 Å². The number of nitrogens with zero attached hydrogens (tertiary/aromatic N) is 1. The van der Waals surface area contributed by atoms with Crippen LogP contribution in [0.1, 0.15) is 29.9 Å². The van der Waals surface area contributed by atoms with E-state index in [-0.39, 0.29) is 11.6 Å².